The lowest BCUT2D eigenvalue weighted by atomic mass is 10.1. The summed E-state index contributed by atoms with van der Waals surface area (Å²) in [6, 6.07) is 12.0. The van der Waals surface area contributed by atoms with Crippen molar-refractivity contribution in [3.63, 3.8) is 0 Å². The molecule has 0 aliphatic carbocycles. The molecular formula is C21H20O5. The van der Waals surface area contributed by atoms with Crippen molar-refractivity contribution in [3.8, 4) is 17.2 Å². The van der Waals surface area contributed by atoms with E-state index in [2.05, 4.69) is 0 Å². The summed E-state index contributed by atoms with van der Waals surface area (Å²) >= 11 is 0. The minimum Gasteiger partial charge on any atom is -0.504 e. The maximum atomic E-state index is 11.9. The van der Waals surface area contributed by atoms with Gasteiger partial charge in [0.1, 0.15) is 5.75 Å². The molecule has 0 saturated carbocycles. The van der Waals surface area contributed by atoms with Crippen molar-refractivity contribution >= 4 is 23.7 Å². The van der Waals surface area contributed by atoms with Gasteiger partial charge in [-0.3, -0.25) is 9.59 Å². The molecule has 2 aromatic carbocycles. The highest BCUT2D eigenvalue weighted by atomic mass is 16.5. The van der Waals surface area contributed by atoms with Crippen LogP contribution in [0.2, 0.25) is 0 Å². The molecule has 5 heteroatoms. The van der Waals surface area contributed by atoms with Gasteiger partial charge in [-0.25, -0.2) is 0 Å². The van der Waals surface area contributed by atoms with Crippen LogP contribution in [0.5, 0.6) is 17.2 Å². The number of aromatic hydroxyl groups is 1. The van der Waals surface area contributed by atoms with E-state index in [0.29, 0.717) is 11.3 Å². The van der Waals surface area contributed by atoms with E-state index in [1.165, 1.54) is 25.3 Å². The molecule has 0 saturated heterocycles. The van der Waals surface area contributed by atoms with Gasteiger partial charge in [-0.2, -0.15) is 0 Å². The van der Waals surface area contributed by atoms with E-state index in [-0.39, 0.29) is 23.7 Å². The maximum absolute atomic E-state index is 11.9. The van der Waals surface area contributed by atoms with E-state index in [1.807, 2.05) is 12.1 Å². The van der Waals surface area contributed by atoms with Gasteiger partial charge < -0.3 is 14.6 Å². The third kappa shape index (κ3) is 5.63. The van der Waals surface area contributed by atoms with Crippen LogP contribution < -0.4 is 9.47 Å². The van der Waals surface area contributed by atoms with Crippen molar-refractivity contribution in [2.75, 3.05) is 14.2 Å². The number of ether oxygens (including phenoxy) is 2. The summed E-state index contributed by atoms with van der Waals surface area (Å²) in [6.07, 6.45) is 5.74. The van der Waals surface area contributed by atoms with Crippen molar-refractivity contribution in [2.45, 2.75) is 6.42 Å². The summed E-state index contributed by atoms with van der Waals surface area (Å²) in [5.74, 6) is 0.493. The first-order valence-corrected chi connectivity index (χ1v) is 7.94. The average Bonchev–Trinajstić information content (AvgIpc) is 2.66. The molecule has 0 fully saturated rings. The number of phenolic OH excluding ortho intramolecular Hbond substituents is 1. The van der Waals surface area contributed by atoms with Gasteiger partial charge in [0.2, 0.25) is 0 Å². The smallest absolute Gasteiger partial charge is 0.163 e. The molecule has 0 amide bonds. The van der Waals surface area contributed by atoms with Crippen LogP contribution in [0.4, 0.5) is 0 Å². The van der Waals surface area contributed by atoms with Crippen molar-refractivity contribution < 1.29 is 24.2 Å². The molecule has 26 heavy (non-hydrogen) atoms. The minimum absolute atomic E-state index is 0.0230. The average molecular weight is 352 g/mol. The predicted octanol–water partition coefficient (Wildman–Crippen LogP) is 3.66. The number of rotatable bonds is 8. The number of phenols is 1. The Hall–Kier alpha value is -3.34. The van der Waals surface area contributed by atoms with Gasteiger partial charge in [-0.1, -0.05) is 30.4 Å². The molecule has 0 spiro atoms. The molecule has 2 aromatic rings. The largest absolute Gasteiger partial charge is 0.504 e. The summed E-state index contributed by atoms with van der Waals surface area (Å²) in [6.45, 7) is 0. The Morgan fingerprint density at radius 3 is 2.04 bits per heavy atom. The highest BCUT2D eigenvalue weighted by Crippen LogP contribution is 2.26. The van der Waals surface area contributed by atoms with Gasteiger partial charge in [0.15, 0.2) is 23.1 Å². The molecule has 2 rings (SSSR count). The number of carbonyl (C=O) groups excluding carboxylic acids is 2. The van der Waals surface area contributed by atoms with E-state index < -0.39 is 0 Å². The second-order valence-electron chi connectivity index (χ2n) is 5.48. The van der Waals surface area contributed by atoms with Crippen LogP contribution in [0.25, 0.3) is 12.2 Å². The lowest BCUT2D eigenvalue weighted by Crippen LogP contribution is -2.01. The Bertz CT molecular complexity index is 832. The monoisotopic (exact) mass is 352 g/mol. The summed E-state index contributed by atoms with van der Waals surface area (Å²) in [5, 5.41) is 9.54. The molecule has 0 radical (unpaired) electrons. The van der Waals surface area contributed by atoms with Gasteiger partial charge in [0, 0.05) is 0 Å². The van der Waals surface area contributed by atoms with Gasteiger partial charge in [0.25, 0.3) is 0 Å². The number of hydrogen-bond donors (Lipinski definition) is 1. The van der Waals surface area contributed by atoms with Gasteiger partial charge in [0.05, 0.1) is 20.6 Å². The summed E-state index contributed by atoms with van der Waals surface area (Å²) in [5.41, 5.74) is 1.53. The molecule has 0 aromatic heterocycles. The third-order valence-corrected chi connectivity index (χ3v) is 3.59. The first kappa shape index (κ1) is 19.0. The lowest BCUT2D eigenvalue weighted by molar-refractivity contribution is -0.121. The highest BCUT2D eigenvalue weighted by molar-refractivity contribution is 6.10. The first-order chi connectivity index (χ1) is 12.5. The molecule has 0 bridgehead atoms. The molecule has 0 unspecified atom stereocenters. The van der Waals surface area contributed by atoms with Gasteiger partial charge in [-0.05, 0) is 47.5 Å². The number of hydrogen-bond acceptors (Lipinski definition) is 5. The second-order valence-corrected chi connectivity index (χ2v) is 5.48. The fourth-order valence-electron chi connectivity index (χ4n) is 2.18. The Labute approximate surface area is 152 Å². The molecule has 5 nitrogen and oxygen atoms in total. The molecule has 0 aliphatic heterocycles. The quantitative estimate of drug-likeness (QED) is 0.580. The van der Waals surface area contributed by atoms with E-state index in [1.54, 1.807) is 43.5 Å². The molecule has 134 valence electrons. The van der Waals surface area contributed by atoms with Crippen LogP contribution in [-0.2, 0) is 9.59 Å². The van der Waals surface area contributed by atoms with Crippen LogP contribution >= 0.6 is 0 Å². The third-order valence-electron chi connectivity index (χ3n) is 3.59. The van der Waals surface area contributed by atoms with E-state index in [9.17, 15) is 14.7 Å². The Morgan fingerprint density at radius 1 is 0.885 bits per heavy atom. The minimum atomic E-state index is -0.304. The summed E-state index contributed by atoms with van der Waals surface area (Å²) < 4.78 is 10.1. The molecule has 0 atom stereocenters. The van der Waals surface area contributed by atoms with Crippen LogP contribution in [0.1, 0.15) is 17.5 Å². The maximum Gasteiger partial charge on any atom is 0.163 e. The van der Waals surface area contributed by atoms with Crippen LogP contribution in [-0.4, -0.2) is 30.9 Å². The second kappa shape index (κ2) is 9.22. The molecule has 0 heterocycles. The van der Waals surface area contributed by atoms with Crippen molar-refractivity contribution in [1.29, 1.82) is 0 Å². The number of allylic oxidation sites excluding steroid dienone is 2. The topological polar surface area (TPSA) is 72.8 Å². The van der Waals surface area contributed by atoms with Crippen molar-refractivity contribution in [3.05, 3.63) is 65.7 Å². The van der Waals surface area contributed by atoms with Crippen LogP contribution in [0, 0.1) is 0 Å². The number of carbonyl (C=O) groups is 2. The fourth-order valence-corrected chi connectivity index (χ4v) is 2.18. The van der Waals surface area contributed by atoms with Crippen molar-refractivity contribution in [2.24, 2.45) is 0 Å². The molecule has 0 aliphatic rings. The summed E-state index contributed by atoms with van der Waals surface area (Å²) in [7, 11) is 3.03. The Morgan fingerprint density at radius 2 is 1.46 bits per heavy atom. The van der Waals surface area contributed by atoms with Crippen molar-refractivity contribution in [1.82, 2.24) is 0 Å². The number of benzene rings is 2. The van der Waals surface area contributed by atoms with Crippen LogP contribution in [0.3, 0.4) is 0 Å². The zero-order valence-corrected chi connectivity index (χ0v) is 14.6. The first-order valence-electron chi connectivity index (χ1n) is 7.94. The number of ketones is 2. The van der Waals surface area contributed by atoms with Crippen LogP contribution in [0.15, 0.2) is 54.6 Å². The highest BCUT2D eigenvalue weighted by Gasteiger charge is 2.05. The van der Waals surface area contributed by atoms with Gasteiger partial charge in [-0.15, -0.1) is 0 Å². The fraction of sp³-hybridized carbons (Fsp3) is 0.143. The van der Waals surface area contributed by atoms with Gasteiger partial charge >= 0.3 is 0 Å². The Balaban J connectivity index is 1.91. The zero-order chi connectivity index (χ0) is 18.9. The van der Waals surface area contributed by atoms with E-state index in [0.717, 1.165) is 11.3 Å². The van der Waals surface area contributed by atoms with E-state index >= 15 is 0 Å². The standard InChI is InChI=1S/C21H20O5/c1-25-19-10-5-15(6-11-19)3-8-17(22)14-18(23)9-4-16-7-12-20(24)21(13-16)26-2/h3-13,24H,14H2,1-2H3. The summed E-state index contributed by atoms with van der Waals surface area (Å²) in [4.78, 5) is 23.8. The normalized spacial score (nSPS) is 11.0. The predicted molar refractivity (Wildman–Crippen MR) is 100 cm³/mol. The number of methoxy groups -OCH3 is 2. The zero-order valence-electron chi connectivity index (χ0n) is 14.6. The SMILES string of the molecule is COc1ccc(C=CC(=O)CC(=O)C=Cc2ccc(O)c(OC)c2)cc1. The molecule has 1 N–H and O–H groups in total. The Kier molecular flexibility index (Phi) is 6.74. The lowest BCUT2D eigenvalue weighted by Gasteiger charge is -2.03. The van der Waals surface area contributed by atoms with E-state index in [4.69, 9.17) is 9.47 Å². The molecular weight excluding hydrogens is 332 g/mol.